The number of hydrogen-bond donors (Lipinski definition) is 2. The van der Waals surface area contributed by atoms with Gasteiger partial charge in [0.05, 0.1) is 13.7 Å². The summed E-state index contributed by atoms with van der Waals surface area (Å²) < 4.78 is 11.1. The summed E-state index contributed by atoms with van der Waals surface area (Å²) in [6, 6.07) is 11.9. The van der Waals surface area contributed by atoms with Crippen LogP contribution < -0.4 is 15.4 Å². The number of ether oxygens (including phenoxy) is 2. The molecule has 0 saturated carbocycles. The molecule has 6 heteroatoms. The Balaban J connectivity index is 1.67. The molecule has 5 nitrogen and oxygen atoms in total. The van der Waals surface area contributed by atoms with E-state index in [-0.39, 0.29) is 11.4 Å². The highest BCUT2D eigenvalue weighted by atomic mass is 32.1. The van der Waals surface area contributed by atoms with Gasteiger partial charge in [-0.1, -0.05) is 24.3 Å². The highest BCUT2D eigenvalue weighted by molar-refractivity contribution is 7.09. The Kier molecular flexibility index (Phi) is 5.94. The zero-order chi connectivity index (χ0) is 17.5. The van der Waals surface area contributed by atoms with Crippen LogP contribution in [0.3, 0.4) is 0 Å². The third-order valence-corrected chi connectivity index (χ3v) is 5.60. The number of carbonyl (C=O) groups excluding carboxylic acids is 1. The summed E-state index contributed by atoms with van der Waals surface area (Å²) in [4.78, 5) is 13.4. The van der Waals surface area contributed by atoms with Gasteiger partial charge in [-0.15, -0.1) is 11.3 Å². The third kappa shape index (κ3) is 4.32. The summed E-state index contributed by atoms with van der Waals surface area (Å²) in [6.07, 6.45) is 1.72. The normalized spacial score (nSPS) is 16.2. The van der Waals surface area contributed by atoms with E-state index in [9.17, 15) is 4.79 Å². The minimum atomic E-state index is -0.162. The van der Waals surface area contributed by atoms with Gasteiger partial charge in [0, 0.05) is 35.6 Å². The van der Waals surface area contributed by atoms with Crippen LogP contribution in [0, 0.1) is 0 Å². The number of carbonyl (C=O) groups is 1. The van der Waals surface area contributed by atoms with Crippen molar-refractivity contribution < 1.29 is 14.3 Å². The van der Waals surface area contributed by atoms with Crippen LogP contribution in [0.5, 0.6) is 5.75 Å². The van der Waals surface area contributed by atoms with Gasteiger partial charge in [0.2, 0.25) is 0 Å². The number of hydrogen-bond acceptors (Lipinski definition) is 4. The van der Waals surface area contributed by atoms with E-state index in [1.165, 1.54) is 0 Å². The summed E-state index contributed by atoms with van der Waals surface area (Å²) in [7, 11) is 1.69. The molecule has 2 heterocycles. The fraction of sp³-hybridized carbons (Fsp3) is 0.421. The smallest absolute Gasteiger partial charge is 0.315 e. The van der Waals surface area contributed by atoms with Crippen LogP contribution >= 0.6 is 11.3 Å². The standard InChI is InChI=1S/C19H24N2O3S/c1-23-17-7-3-2-6-16(17)19(8-10-24-11-9-19)14-21-18(22)20-13-15-5-4-12-25-15/h2-7,12H,8-11,13-14H2,1H3,(H2,20,21,22). The maximum atomic E-state index is 12.2. The van der Waals surface area contributed by atoms with Crippen LogP contribution in [-0.2, 0) is 16.7 Å². The summed E-state index contributed by atoms with van der Waals surface area (Å²) in [6.45, 7) is 2.49. The Morgan fingerprint density at radius 1 is 1.20 bits per heavy atom. The third-order valence-electron chi connectivity index (χ3n) is 4.72. The zero-order valence-corrected chi connectivity index (χ0v) is 15.2. The van der Waals surface area contributed by atoms with E-state index < -0.39 is 0 Å². The Hall–Kier alpha value is -2.05. The first-order valence-corrected chi connectivity index (χ1v) is 9.37. The van der Waals surface area contributed by atoms with Gasteiger partial charge in [-0.2, -0.15) is 0 Å². The number of nitrogens with one attached hydrogen (secondary N) is 2. The molecule has 0 radical (unpaired) electrons. The van der Waals surface area contributed by atoms with E-state index in [1.54, 1.807) is 18.4 Å². The van der Waals surface area contributed by atoms with Crippen LogP contribution in [0.15, 0.2) is 41.8 Å². The molecule has 0 bridgehead atoms. The predicted octanol–water partition coefficient (Wildman–Crippen LogP) is 3.30. The fourth-order valence-electron chi connectivity index (χ4n) is 3.28. The predicted molar refractivity (Wildman–Crippen MR) is 99.3 cm³/mol. The van der Waals surface area contributed by atoms with Gasteiger partial charge >= 0.3 is 6.03 Å². The van der Waals surface area contributed by atoms with Crippen molar-refractivity contribution in [2.45, 2.75) is 24.8 Å². The molecule has 25 heavy (non-hydrogen) atoms. The maximum absolute atomic E-state index is 12.2. The van der Waals surface area contributed by atoms with Gasteiger partial charge in [0.15, 0.2) is 0 Å². The Labute approximate surface area is 152 Å². The monoisotopic (exact) mass is 360 g/mol. The SMILES string of the molecule is COc1ccccc1C1(CNC(=O)NCc2cccs2)CCOCC1. The lowest BCUT2D eigenvalue weighted by molar-refractivity contribution is 0.0498. The molecule has 1 saturated heterocycles. The zero-order valence-electron chi connectivity index (χ0n) is 14.4. The minimum absolute atomic E-state index is 0.144. The Morgan fingerprint density at radius 3 is 2.72 bits per heavy atom. The van der Waals surface area contributed by atoms with Crippen molar-refractivity contribution in [1.82, 2.24) is 10.6 Å². The molecule has 1 aliphatic heterocycles. The molecule has 1 fully saturated rings. The van der Waals surface area contributed by atoms with E-state index in [0.29, 0.717) is 26.3 Å². The highest BCUT2D eigenvalue weighted by Crippen LogP contribution is 2.39. The summed E-state index contributed by atoms with van der Waals surface area (Å²) in [5.74, 6) is 0.866. The van der Waals surface area contributed by atoms with Crippen molar-refractivity contribution in [2.24, 2.45) is 0 Å². The lowest BCUT2D eigenvalue weighted by Gasteiger charge is -2.38. The second kappa shape index (κ2) is 8.36. The van der Waals surface area contributed by atoms with Gasteiger partial charge in [-0.25, -0.2) is 4.79 Å². The molecule has 134 valence electrons. The summed E-state index contributed by atoms with van der Waals surface area (Å²) in [5.41, 5.74) is 0.977. The molecule has 3 rings (SSSR count). The second-order valence-electron chi connectivity index (χ2n) is 6.21. The molecule has 0 unspecified atom stereocenters. The molecule has 2 aromatic rings. The summed E-state index contributed by atoms with van der Waals surface area (Å²) in [5, 5.41) is 7.98. The second-order valence-corrected chi connectivity index (χ2v) is 7.24. The molecular weight excluding hydrogens is 336 g/mol. The molecule has 1 aromatic heterocycles. The Bertz CT molecular complexity index is 682. The van der Waals surface area contributed by atoms with Crippen molar-refractivity contribution in [3.05, 3.63) is 52.2 Å². The molecule has 0 spiro atoms. The lowest BCUT2D eigenvalue weighted by Crippen LogP contribution is -2.47. The number of benzene rings is 1. The Morgan fingerprint density at radius 2 is 2.00 bits per heavy atom. The average molecular weight is 360 g/mol. The molecule has 0 atom stereocenters. The molecule has 2 amide bonds. The van der Waals surface area contributed by atoms with Gasteiger partial charge in [-0.05, 0) is 30.4 Å². The van der Waals surface area contributed by atoms with Crippen molar-refractivity contribution in [2.75, 3.05) is 26.9 Å². The van der Waals surface area contributed by atoms with Crippen molar-refractivity contribution in [3.8, 4) is 5.75 Å². The first-order valence-electron chi connectivity index (χ1n) is 8.49. The minimum Gasteiger partial charge on any atom is -0.496 e. The largest absolute Gasteiger partial charge is 0.496 e. The number of methoxy groups -OCH3 is 1. The fourth-order valence-corrected chi connectivity index (χ4v) is 3.92. The van der Waals surface area contributed by atoms with Crippen LogP contribution in [0.25, 0.3) is 0 Å². The average Bonchev–Trinajstić information content (AvgIpc) is 3.19. The van der Waals surface area contributed by atoms with Crippen LogP contribution in [0.1, 0.15) is 23.3 Å². The number of urea groups is 1. The van der Waals surface area contributed by atoms with Gasteiger partial charge < -0.3 is 20.1 Å². The van der Waals surface area contributed by atoms with Crippen molar-refractivity contribution >= 4 is 17.4 Å². The first-order chi connectivity index (χ1) is 12.2. The molecular formula is C19H24N2O3S. The lowest BCUT2D eigenvalue weighted by atomic mass is 9.73. The van der Waals surface area contributed by atoms with Gasteiger partial charge in [0.1, 0.15) is 5.75 Å². The van der Waals surface area contributed by atoms with Crippen molar-refractivity contribution in [1.29, 1.82) is 0 Å². The number of amides is 2. The quantitative estimate of drug-likeness (QED) is 0.831. The van der Waals surface area contributed by atoms with E-state index in [0.717, 1.165) is 29.0 Å². The van der Waals surface area contributed by atoms with E-state index in [4.69, 9.17) is 9.47 Å². The number of thiophene rings is 1. The number of para-hydroxylation sites is 1. The molecule has 1 aromatic carbocycles. The first kappa shape index (κ1) is 17.8. The van der Waals surface area contributed by atoms with Gasteiger partial charge in [-0.3, -0.25) is 0 Å². The topological polar surface area (TPSA) is 59.6 Å². The van der Waals surface area contributed by atoms with E-state index in [2.05, 4.69) is 16.7 Å². The van der Waals surface area contributed by atoms with E-state index in [1.807, 2.05) is 35.7 Å². The number of rotatable bonds is 6. The molecule has 2 N–H and O–H groups in total. The maximum Gasteiger partial charge on any atom is 0.315 e. The molecule has 1 aliphatic rings. The van der Waals surface area contributed by atoms with Gasteiger partial charge in [0.25, 0.3) is 0 Å². The van der Waals surface area contributed by atoms with Crippen LogP contribution in [0.2, 0.25) is 0 Å². The molecule has 0 aliphatic carbocycles. The van der Waals surface area contributed by atoms with E-state index >= 15 is 0 Å². The van der Waals surface area contributed by atoms with Crippen LogP contribution in [0.4, 0.5) is 4.79 Å². The van der Waals surface area contributed by atoms with Crippen LogP contribution in [-0.4, -0.2) is 32.9 Å². The summed E-state index contributed by atoms with van der Waals surface area (Å²) >= 11 is 1.64. The van der Waals surface area contributed by atoms with Crippen molar-refractivity contribution in [3.63, 3.8) is 0 Å². The highest BCUT2D eigenvalue weighted by Gasteiger charge is 2.37.